The summed E-state index contributed by atoms with van der Waals surface area (Å²) in [6, 6.07) is 0.202. The second-order valence-electron chi connectivity index (χ2n) is 5.92. The SMILES string of the molecule is Cc1noc([C@H]2CN(C[C@@H]3CCCCO3)CCN2C)n1. The van der Waals surface area contributed by atoms with Gasteiger partial charge in [-0.1, -0.05) is 5.16 Å². The smallest absolute Gasteiger partial charge is 0.245 e. The molecule has 2 fully saturated rings. The minimum Gasteiger partial charge on any atom is -0.377 e. The van der Waals surface area contributed by atoms with Gasteiger partial charge in [0.1, 0.15) is 6.04 Å². The molecule has 2 saturated heterocycles. The Morgan fingerprint density at radius 1 is 1.30 bits per heavy atom. The van der Waals surface area contributed by atoms with Crippen molar-refractivity contribution in [2.45, 2.75) is 38.3 Å². The lowest BCUT2D eigenvalue weighted by atomic mass is 10.1. The van der Waals surface area contributed by atoms with Crippen LogP contribution >= 0.6 is 0 Å². The molecule has 0 aromatic carbocycles. The van der Waals surface area contributed by atoms with Crippen molar-refractivity contribution in [2.75, 3.05) is 39.8 Å². The van der Waals surface area contributed by atoms with Gasteiger partial charge in [0.05, 0.1) is 6.10 Å². The average Bonchev–Trinajstić information content (AvgIpc) is 2.89. The van der Waals surface area contributed by atoms with Crippen LogP contribution in [0.5, 0.6) is 0 Å². The van der Waals surface area contributed by atoms with Gasteiger partial charge in [-0.2, -0.15) is 4.98 Å². The summed E-state index contributed by atoms with van der Waals surface area (Å²) in [4.78, 5) is 9.16. The minimum absolute atomic E-state index is 0.202. The molecule has 0 aliphatic carbocycles. The van der Waals surface area contributed by atoms with Crippen molar-refractivity contribution in [1.29, 1.82) is 0 Å². The lowest BCUT2D eigenvalue weighted by Crippen LogP contribution is -2.49. The zero-order valence-electron chi connectivity index (χ0n) is 12.4. The molecular formula is C14H24N4O2. The summed E-state index contributed by atoms with van der Waals surface area (Å²) in [6.07, 6.45) is 4.10. The molecule has 0 saturated carbocycles. The van der Waals surface area contributed by atoms with Crippen molar-refractivity contribution in [3.8, 4) is 0 Å². The number of nitrogens with zero attached hydrogens (tertiary/aromatic N) is 4. The zero-order valence-corrected chi connectivity index (χ0v) is 12.4. The van der Waals surface area contributed by atoms with E-state index in [1.165, 1.54) is 19.3 Å². The fourth-order valence-corrected chi connectivity index (χ4v) is 3.05. The second-order valence-corrected chi connectivity index (χ2v) is 5.92. The summed E-state index contributed by atoms with van der Waals surface area (Å²) in [5.74, 6) is 1.44. The van der Waals surface area contributed by atoms with Crippen LogP contribution in [0.3, 0.4) is 0 Å². The summed E-state index contributed by atoms with van der Waals surface area (Å²) in [7, 11) is 2.12. The maximum atomic E-state index is 5.85. The third-order valence-electron chi connectivity index (χ3n) is 4.30. The first-order valence-corrected chi connectivity index (χ1v) is 7.57. The Kier molecular flexibility index (Phi) is 4.33. The van der Waals surface area contributed by atoms with E-state index in [4.69, 9.17) is 9.26 Å². The Morgan fingerprint density at radius 3 is 2.90 bits per heavy atom. The number of hydrogen-bond donors (Lipinski definition) is 0. The first-order valence-electron chi connectivity index (χ1n) is 7.57. The number of hydrogen-bond acceptors (Lipinski definition) is 6. The Balaban J connectivity index is 1.60. The van der Waals surface area contributed by atoms with Crippen molar-refractivity contribution in [1.82, 2.24) is 19.9 Å². The highest BCUT2D eigenvalue weighted by atomic mass is 16.5. The van der Waals surface area contributed by atoms with Crippen molar-refractivity contribution < 1.29 is 9.26 Å². The molecule has 0 N–H and O–H groups in total. The molecule has 2 atom stereocenters. The van der Waals surface area contributed by atoms with Crippen molar-refractivity contribution in [2.24, 2.45) is 0 Å². The van der Waals surface area contributed by atoms with E-state index < -0.39 is 0 Å². The van der Waals surface area contributed by atoms with Crippen molar-refractivity contribution in [3.63, 3.8) is 0 Å². The Bertz CT molecular complexity index is 431. The van der Waals surface area contributed by atoms with Crippen LogP contribution in [0, 0.1) is 6.92 Å². The molecule has 2 aliphatic heterocycles. The number of piperazine rings is 1. The van der Waals surface area contributed by atoms with Crippen molar-refractivity contribution >= 4 is 0 Å². The third kappa shape index (κ3) is 3.19. The summed E-state index contributed by atoms with van der Waals surface area (Å²) >= 11 is 0. The Hall–Kier alpha value is -0.980. The summed E-state index contributed by atoms with van der Waals surface area (Å²) in [5.41, 5.74) is 0. The highest BCUT2D eigenvalue weighted by molar-refractivity contribution is 4.96. The fraction of sp³-hybridized carbons (Fsp3) is 0.857. The lowest BCUT2D eigenvalue weighted by Gasteiger charge is -2.39. The first-order chi connectivity index (χ1) is 9.72. The molecule has 0 radical (unpaired) electrons. The van der Waals surface area contributed by atoms with Gasteiger partial charge in [-0.25, -0.2) is 0 Å². The largest absolute Gasteiger partial charge is 0.377 e. The molecule has 2 aliphatic rings. The molecule has 20 heavy (non-hydrogen) atoms. The van der Waals surface area contributed by atoms with Gasteiger partial charge in [0.2, 0.25) is 5.89 Å². The van der Waals surface area contributed by atoms with Crippen LogP contribution < -0.4 is 0 Å². The van der Waals surface area contributed by atoms with Crippen LogP contribution in [-0.2, 0) is 4.74 Å². The van der Waals surface area contributed by atoms with Crippen LogP contribution in [0.1, 0.15) is 37.0 Å². The Morgan fingerprint density at radius 2 is 2.20 bits per heavy atom. The molecule has 6 heteroatoms. The van der Waals surface area contributed by atoms with Crippen LogP contribution in [0.15, 0.2) is 4.52 Å². The Labute approximate surface area is 120 Å². The van der Waals surface area contributed by atoms with E-state index in [1.807, 2.05) is 6.92 Å². The van der Waals surface area contributed by atoms with Crippen LogP contribution in [-0.4, -0.2) is 65.9 Å². The van der Waals surface area contributed by atoms with Crippen LogP contribution in [0.4, 0.5) is 0 Å². The molecule has 3 heterocycles. The van der Waals surface area contributed by atoms with Crippen molar-refractivity contribution in [3.05, 3.63) is 11.7 Å². The molecule has 6 nitrogen and oxygen atoms in total. The molecule has 0 unspecified atom stereocenters. The van der Waals surface area contributed by atoms with E-state index in [9.17, 15) is 0 Å². The predicted molar refractivity (Wildman–Crippen MR) is 74.4 cm³/mol. The molecule has 3 rings (SSSR count). The van der Waals surface area contributed by atoms with Crippen LogP contribution in [0.25, 0.3) is 0 Å². The quantitative estimate of drug-likeness (QED) is 0.830. The van der Waals surface area contributed by atoms with Gasteiger partial charge in [-0.3, -0.25) is 9.80 Å². The van der Waals surface area contributed by atoms with Gasteiger partial charge in [0, 0.05) is 32.8 Å². The second kappa shape index (κ2) is 6.20. The average molecular weight is 280 g/mol. The fourth-order valence-electron chi connectivity index (χ4n) is 3.05. The highest BCUT2D eigenvalue weighted by Gasteiger charge is 2.31. The van der Waals surface area contributed by atoms with Gasteiger partial charge in [0.25, 0.3) is 0 Å². The van der Waals surface area contributed by atoms with Gasteiger partial charge >= 0.3 is 0 Å². The van der Waals surface area contributed by atoms with E-state index in [1.54, 1.807) is 0 Å². The summed E-state index contributed by atoms with van der Waals surface area (Å²) in [6.45, 7) is 6.86. The normalized spacial score (nSPS) is 29.7. The van der Waals surface area contributed by atoms with E-state index in [-0.39, 0.29) is 6.04 Å². The summed E-state index contributed by atoms with van der Waals surface area (Å²) in [5, 5.41) is 3.91. The predicted octanol–water partition coefficient (Wildman–Crippen LogP) is 1.24. The molecular weight excluding hydrogens is 256 g/mol. The topological polar surface area (TPSA) is 54.6 Å². The zero-order chi connectivity index (χ0) is 13.9. The van der Waals surface area contributed by atoms with E-state index in [0.717, 1.165) is 38.7 Å². The highest BCUT2D eigenvalue weighted by Crippen LogP contribution is 2.24. The standard InChI is InChI=1S/C14H24N4O2/c1-11-15-14(20-16-11)13-10-18(7-6-17(13)2)9-12-5-3-4-8-19-12/h12-13H,3-10H2,1-2H3/t12-,13+/m0/s1. The molecule has 0 spiro atoms. The van der Waals surface area contributed by atoms with Crippen LogP contribution in [0.2, 0.25) is 0 Å². The molecule has 112 valence electrons. The summed E-state index contributed by atoms with van der Waals surface area (Å²) < 4.78 is 11.2. The molecule has 1 aromatic rings. The molecule has 0 amide bonds. The third-order valence-corrected chi connectivity index (χ3v) is 4.30. The maximum absolute atomic E-state index is 5.85. The number of likely N-dealkylation sites (N-methyl/N-ethyl adjacent to an activating group) is 1. The molecule has 0 bridgehead atoms. The number of rotatable bonds is 3. The van der Waals surface area contributed by atoms with Gasteiger partial charge in [0.15, 0.2) is 5.82 Å². The monoisotopic (exact) mass is 280 g/mol. The van der Waals surface area contributed by atoms with E-state index >= 15 is 0 Å². The lowest BCUT2D eigenvalue weighted by molar-refractivity contribution is -0.0225. The number of ether oxygens (including phenoxy) is 1. The van der Waals surface area contributed by atoms with Gasteiger partial charge in [-0.05, 0) is 33.2 Å². The molecule has 1 aromatic heterocycles. The first kappa shape index (κ1) is 14.0. The van der Waals surface area contributed by atoms with Gasteiger partial charge < -0.3 is 9.26 Å². The maximum Gasteiger partial charge on any atom is 0.245 e. The minimum atomic E-state index is 0.202. The number of aromatic nitrogens is 2. The van der Waals surface area contributed by atoms with E-state index in [2.05, 4.69) is 27.0 Å². The van der Waals surface area contributed by atoms with E-state index in [0.29, 0.717) is 11.9 Å². The number of aryl methyl sites for hydroxylation is 1. The van der Waals surface area contributed by atoms with Gasteiger partial charge in [-0.15, -0.1) is 0 Å².